The van der Waals surface area contributed by atoms with Gasteiger partial charge in [-0.3, -0.25) is 25.8 Å². The number of ether oxygens (including phenoxy) is 2. The number of halogens is 3. The standard InChI is InChI=1S/C17H16F3N3O5/c1-10(28-13-6-4-12(27-2)5-7-13)16(24)22-21-14-8-3-11(17(18,19)20)9-15(14)23(25)26/h3-10,21H,1-2H3,(H,22,24). The van der Waals surface area contributed by atoms with Gasteiger partial charge in [0.15, 0.2) is 6.10 Å². The van der Waals surface area contributed by atoms with Gasteiger partial charge in [-0.1, -0.05) is 0 Å². The van der Waals surface area contributed by atoms with E-state index in [-0.39, 0.29) is 5.69 Å². The number of hydrogen-bond donors (Lipinski definition) is 2. The second-order valence-electron chi connectivity index (χ2n) is 5.54. The second-order valence-corrected chi connectivity index (χ2v) is 5.54. The number of methoxy groups -OCH3 is 1. The molecule has 0 aliphatic carbocycles. The number of amides is 1. The van der Waals surface area contributed by atoms with E-state index < -0.39 is 34.4 Å². The first-order valence-electron chi connectivity index (χ1n) is 7.84. The molecule has 28 heavy (non-hydrogen) atoms. The quantitative estimate of drug-likeness (QED) is 0.545. The lowest BCUT2D eigenvalue weighted by Gasteiger charge is -2.16. The van der Waals surface area contributed by atoms with Crippen molar-refractivity contribution in [3.8, 4) is 11.5 Å². The molecule has 0 fully saturated rings. The molecule has 0 bridgehead atoms. The summed E-state index contributed by atoms with van der Waals surface area (Å²) in [6.45, 7) is 1.43. The van der Waals surface area contributed by atoms with Crippen molar-refractivity contribution in [1.82, 2.24) is 5.43 Å². The van der Waals surface area contributed by atoms with Crippen LogP contribution in [0, 0.1) is 10.1 Å². The van der Waals surface area contributed by atoms with Crippen molar-refractivity contribution in [3.05, 3.63) is 58.1 Å². The van der Waals surface area contributed by atoms with Crippen molar-refractivity contribution in [1.29, 1.82) is 0 Å². The highest BCUT2D eigenvalue weighted by molar-refractivity contribution is 5.82. The zero-order valence-electron chi connectivity index (χ0n) is 14.7. The van der Waals surface area contributed by atoms with E-state index >= 15 is 0 Å². The molecule has 0 saturated heterocycles. The van der Waals surface area contributed by atoms with E-state index in [0.717, 1.165) is 6.07 Å². The van der Waals surface area contributed by atoms with E-state index in [9.17, 15) is 28.1 Å². The number of rotatable bonds is 7. The van der Waals surface area contributed by atoms with Crippen LogP contribution in [0.15, 0.2) is 42.5 Å². The van der Waals surface area contributed by atoms with Gasteiger partial charge in [0.1, 0.15) is 17.2 Å². The smallest absolute Gasteiger partial charge is 0.416 e. The van der Waals surface area contributed by atoms with Gasteiger partial charge in [-0.25, -0.2) is 0 Å². The van der Waals surface area contributed by atoms with Crippen molar-refractivity contribution < 1.29 is 32.4 Å². The van der Waals surface area contributed by atoms with Crippen molar-refractivity contribution in [2.24, 2.45) is 0 Å². The summed E-state index contributed by atoms with van der Waals surface area (Å²) in [5, 5.41) is 11.0. The van der Waals surface area contributed by atoms with Gasteiger partial charge in [0.25, 0.3) is 11.6 Å². The van der Waals surface area contributed by atoms with E-state index in [1.165, 1.54) is 14.0 Å². The van der Waals surface area contributed by atoms with Gasteiger partial charge in [0.05, 0.1) is 17.6 Å². The minimum Gasteiger partial charge on any atom is -0.497 e. The van der Waals surface area contributed by atoms with Gasteiger partial charge >= 0.3 is 6.18 Å². The van der Waals surface area contributed by atoms with Crippen LogP contribution in [0.1, 0.15) is 12.5 Å². The Morgan fingerprint density at radius 1 is 1.14 bits per heavy atom. The summed E-state index contributed by atoms with van der Waals surface area (Å²) in [7, 11) is 1.50. The second kappa shape index (κ2) is 8.46. The number of hydrazine groups is 1. The van der Waals surface area contributed by atoms with Crippen molar-refractivity contribution >= 4 is 17.3 Å². The van der Waals surface area contributed by atoms with Gasteiger partial charge in [0, 0.05) is 6.07 Å². The van der Waals surface area contributed by atoms with Gasteiger partial charge in [-0.2, -0.15) is 13.2 Å². The Morgan fingerprint density at radius 3 is 2.29 bits per heavy atom. The number of nitro groups is 1. The first-order valence-corrected chi connectivity index (χ1v) is 7.84. The molecule has 0 aromatic heterocycles. The fourth-order valence-electron chi connectivity index (χ4n) is 2.11. The van der Waals surface area contributed by atoms with Crippen molar-refractivity contribution in [2.45, 2.75) is 19.2 Å². The van der Waals surface area contributed by atoms with Crippen LogP contribution >= 0.6 is 0 Å². The van der Waals surface area contributed by atoms with Crippen LogP contribution in [-0.2, 0) is 11.0 Å². The maximum Gasteiger partial charge on any atom is 0.416 e. The minimum atomic E-state index is -4.73. The number of nitrogens with zero attached hydrogens (tertiary/aromatic N) is 1. The molecule has 0 aliphatic heterocycles. The third-order valence-corrected chi connectivity index (χ3v) is 3.58. The first-order chi connectivity index (χ1) is 13.1. The average molecular weight is 399 g/mol. The van der Waals surface area contributed by atoms with Crippen LogP contribution in [0.25, 0.3) is 0 Å². The molecule has 0 saturated carbocycles. The molecule has 0 heterocycles. The Labute approximate surface area is 157 Å². The molecular formula is C17H16F3N3O5. The Bertz CT molecular complexity index is 856. The Balaban J connectivity index is 2.03. The van der Waals surface area contributed by atoms with Gasteiger partial charge in [0.2, 0.25) is 0 Å². The van der Waals surface area contributed by atoms with E-state index in [2.05, 4.69) is 10.9 Å². The number of alkyl halides is 3. The normalized spacial score (nSPS) is 12.0. The van der Waals surface area contributed by atoms with Crippen molar-refractivity contribution in [2.75, 3.05) is 12.5 Å². The predicted molar refractivity (Wildman–Crippen MR) is 92.9 cm³/mol. The highest BCUT2D eigenvalue weighted by Gasteiger charge is 2.33. The maximum absolute atomic E-state index is 12.7. The zero-order valence-corrected chi connectivity index (χ0v) is 14.7. The van der Waals surface area contributed by atoms with Crippen LogP contribution in [0.3, 0.4) is 0 Å². The molecule has 2 aromatic rings. The summed E-state index contributed by atoms with van der Waals surface area (Å²) < 4.78 is 48.5. The molecule has 2 N–H and O–H groups in total. The lowest BCUT2D eigenvalue weighted by molar-refractivity contribution is -0.384. The summed E-state index contributed by atoms with van der Waals surface area (Å²) in [6, 6.07) is 8.32. The number of carbonyl (C=O) groups is 1. The predicted octanol–water partition coefficient (Wildman–Crippen LogP) is 3.53. The number of nitro benzene ring substituents is 1. The van der Waals surface area contributed by atoms with E-state index in [1.807, 2.05) is 0 Å². The highest BCUT2D eigenvalue weighted by Crippen LogP contribution is 2.34. The zero-order chi connectivity index (χ0) is 20.9. The maximum atomic E-state index is 12.7. The Hall–Kier alpha value is -3.50. The molecule has 0 spiro atoms. The van der Waals surface area contributed by atoms with Crippen LogP contribution in [0.2, 0.25) is 0 Å². The van der Waals surface area contributed by atoms with E-state index in [0.29, 0.717) is 23.6 Å². The van der Waals surface area contributed by atoms with Crippen LogP contribution in [0.4, 0.5) is 24.5 Å². The highest BCUT2D eigenvalue weighted by atomic mass is 19.4. The largest absolute Gasteiger partial charge is 0.497 e. The molecule has 0 radical (unpaired) electrons. The number of benzene rings is 2. The topological polar surface area (TPSA) is 103 Å². The van der Waals surface area contributed by atoms with Gasteiger partial charge in [-0.15, -0.1) is 0 Å². The molecule has 11 heteroatoms. The summed E-state index contributed by atoms with van der Waals surface area (Å²) in [6.07, 6.45) is -5.72. The van der Waals surface area contributed by atoms with Crippen LogP contribution in [0.5, 0.6) is 11.5 Å². The number of anilines is 1. The first kappa shape index (κ1) is 20.8. The molecule has 0 aliphatic rings. The van der Waals surface area contributed by atoms with Crippen LogP contribution < -0.4 is 20.3 Å². The molecular weight excluding hydrogens is 383 g/mol. The minimum absolute atomic E-state index is 0.303. The molecule has 150 valence electrons. The monoisotopic (exact) mass is 399 g/mol. The lowest BCUT2D eigenvalue weighted by atomic mass is 10.1. The molecule has 2 rings (SSSR count). The molecule has 2 aromatic carbocycles. The average Bonchev–Trinajstić information content (AvgIpc) is 2.65. The molecule has 1 atom stereocenters. The fraction of sp³-hybridized carbons (Fsp3) is 0.235. The van der Waals surface area contributed by atoms with Crippen LogP contribution in [-0.4, -0.2) is 24.0 Å². The summed E-state index contributed by atoms with van der Waals surface area (Å²) >= 11 is 0. The lowest BCUT2D eigenvalue weighted by Crippen LogP contribution is -2.39. The number of carbonyl (C=O) groups excluding carboxylic acids is 1. The summed E-state index contributed by atoms with van der Waals surface area (Å²) in [5.41, 5.74) is 2.11. The Morgan fingerprint density at radius 2 is 1.75 bits per heavy atom. The summed E-state index contributed by atoms with van der Waals surface area (Å²) in [5.74, 6) is 0.287. The van der Waals surface area contributed by atoms with E-state index in [4.69, 9.17) is 9.47 Å². The molecule has 1 unspecified atom stereocenters. The van der Waals surface area contributed by atoms with Crippen molar-refractivity contribution in [3.63, 3.8) is 0 Å². The summed E-state index contributed by atoms with van der Waals surface area (Å²) in [4.78, 5) is 22.1. The molecule has 1 amide bonds. The third kappa shape index (κ3) is 5.25. The number of nitrogens with one attached hydrogen (secondary N) is 2. The number of hydrogen-bond acceptors (Lipinski definition) is 6. The van der Waals surface area contributed by atoms with Gasteiger partial charge in [-0.05, 0) is 43.3 Å². The van der Waals surface area contributed by atoms with Gasteiger partial charge < -0.3 is 9.47 Å². The fourth-order valence-corrected chi connectivity index (χ4v) is 2.11. The molecule has 8 nitrogen and oxygen atoms in total. The van der Waals surface area contributed by atoms with E-state index in [1.54, 1.807) is 24.3 Å². The Kier molecular flexibility index (Phi) is 6.29. The third-order valence-electron chi connectivity index (χ3n) is 3.58. The SMILES string of the molecule is COc1ccc(OC(C)C(=O)NNc2ccc(C(F)(F)F)cc2[N+](=O)[O-])cc1.